The van der Waals surface area contributed by atoms with Crippen LogP contribution in [-0.4, -0.2) is 24.0 Å². The molecule has 1 aliphatic rings. The van der Waals surface area contributed by atoms with Gasteiger partial charge in [-0.2, -0.15) is 0 Å². The highest BCUT2D eigenvalue weighted by molar-refractivity contribution is 5.94. The highest BCUT2D eigenvalue weighted by Crippen LogP contribution is 2.27. The second kappa shape index (κ2) is 3.76. The maximum atomic E-state index is 11.1. The Bertz CT molecular complexity index is 364. The molecule has 0 amide bonds. The first-order chi connectivity index (χ1) is 7.12. The van der Waals surface area contributed by atoms with E-state index in [2.05, 4.69) is 5.32 Å². The van der Waals surface area contributed by atoms with E-state index in [1.165, 1.54) is 0 Å². The quantitative estimate of drug-likeness (QED) is 0.710. The van der Waals surface area contributed by atoms with Crippen molar-refractivity contribution in [2.24, 2.45) is 0 Å². The van der Waals surface area contributed by atoms with E-state index >= 15 is 0 Å². The van der Waals surface area contributed by atoms with Gasteiger partial charge in [-0.25, -0.2) is 0 Å². The number of Topliss-reactive ketones (excluding diaryl/α,β-unsaturated/α-hetero) is 1. The monoisotopic (exact) mass is 205 g/mol. The topological polar surface area (TPSA) is 49.3 Å². The van der Waals surface area contributed by atoms with Crippen LogP contribution in [0.15, 0.2) is 24.3 Å². The van der Waals surface area contributed by atoms with Gasteiger partial charge in [0, 0.05) is 12.1 Å². The Morgan fingerprint density at radius 2 is 2.07 bits per heavy atom. The lowest BCUT2D eigenvalue weighted by atomic mass is 9.92. The Hall–Kier alpha value is -1.19. The zero-order chi connectivity index (χ0) is 10.9. The van der Waals surface area contributed by atoms with E-state index in [-0.39, 0.29) is 5.78 Å². The van der Waals surface area contributed by atoms with Crippen LogP contribution in [0.25, 0.3) is 0 Å². The lowest BCUT2D eigenvalue weighted by Crippen LogP contribution is -2.28. The fourth-order valence-electron chi connectivity index (χ4n) is 1.94. The number of benzene rings is 1. The molecule has 0 radical (unpaired) electrons. The molecule has 0 aromatic heterocycles. The summed E-state index contributed by atoms with van der Waals surface area (Å²) in [4.78, 5) is 11.1. The molecule has 3 heteroatoms. The third-order valence-electron chi connectivity index (χ3n) is 2.96. The standard InChI is InChI=1S/C12H15NO2/c1-9(14)10-2-4-11(5-3-10)12(15)6-7-13-8-12/h2-5,13,15H,6-8H2,1H3. The second-order valence-corrected chi connectivity index (χ2v) is 4.09. The van der Waals surface area contributed by atoms with Gasteiger partial charge in [0.2, 0.25) is 0 Å². The Balaban J connectivity index is 2.26. The van der Waals surface area contributed by atoms with Gasteiger partial charge in [0.25, 0.3) is 0 Å². The van der Waals surface area contributed by atoms with Gasteiger partial charge >= 0.3 is 0 Å². The van der Waals surface area contributed by atoms with Crippen molar-refractivity contribution in [1.29, 1.82) is 0 Å². The van der Waals surface area contributed by atoms with Crippen molar-refractivity contribution < 1.29 is 9.90 Å². The van der Waals surface area contributed by atoms with E-state index in [9.17, 15) is 9.90 Å². The van der Waals surface area contributed by atoms with Crippen LogP contribution in [0.5, 0.6) is 0 Å². The van der Waals surface area contributed by atoms with Crippen LogP contribution in [-0.2, 0) is 5.60 Å². The number of rotatable bonds is 2. The summed E-state index contributed by atoms with van der Waals surface area (Å²) >= 11 is 0. The molecule has 15 heavy (non-hydrogen) atoms. The number of hydrogen-bond acceptors (Lipinski definition) is 3. The molecule has 2 rings (SSSR count). The molecule has 1 fully saturated rings. The average molecular weight is 205 g/mol. The molecule has 3 nitrogen and oxygen atoms in total. The van der Waals surface area contributed by atoms with E-state index in [0.717, 1.165) is 18.5 Å². The van der Waals surface area contributed by atoms with Gasteiger partial charge in [-0.05, 0) is 25.5 Å². The number of β-amino-alcohol motifs (C(OH)–C–C–N with tert-alkyl or cyclic N) is 1. The maximum Gasteiger partial charge on any atom is 0.159 e. The predicted octanol–water partition coefficient (Wildman–Crippen LogP) is 1.07. The lowest BCUT2D eigenvalue weighted by molar-refractivity contribution is 0.0587. The number of aliphatic hydroxyl groups is 1. The maximum absolute atomic E-state index is 11.1. The van der Waals surface area contributed by atoms with Gasteiger partial charge in [0.1, 0.15) is 5.60 Å². The number of nitrogens with one attached hydrogen (secondary N) is 1. The van der Waals surface area contributed by atoms with Gasteiger partial charge < -0.3 is 10.4 Å². The first kappa shape index (κ1) is 10.3. The fraction of sp³-hybridized carbons (Fsp3) is 0.417. The third kappa shape index (κ3) is 1.94. The first-order valence-corrected chi connectivity index (χ1v) is 5.16. The Morgan fingerprint density at radius 1 is 1.40 bits per heavy atom. The molecule has 1 aromatic rings. The number of hydrogen-bond donors (Lipinski definition) is 2. The van der Waals surface area contributed by atoms with Gasteiger partial charge in [-0.3, -0.25) is 4.79 Å². The minimum atomic E-state index is -0.755. The van der Waals surface area contributed by atoms with Crippen LogP contribution in [0.3, 0.4) is 0 Å². The summed E-state index contributed by atoms with van der Waals surface area (Å²) in [6.45, 7) is 2.97. The van der Waals surface area contributed by atoms with Gasteiger partial charge in [0.15, 0.2) is 5.78 Å². The summed E-state index contributed by atoms with van der Waals surface area (Å²) in [5.74, 6) is 0.0538. The predicted molar refractivity (Wildman–Crippen MR) is 57.8 cm³/mol. The van der Waals surface area contributed by atoms with E-state index in [4.69, 9.17) is 0 Å². The minimum absolute atomic E-state index is 0.0538. The second-order valence-electron chi connectivity index (χ2n) is 4.09. The van der Waals surface area contributed by atoms with Crippen LogP contribution >= 0.6 is 0 Å². The number of carbonyl (C=O) groups excluding carboxylic acids is 1. The normalized spacial score (nSPS) is 25.5. The minimum Gasteiger partial charge on any atom is -0.384 e. The third-order valence-corrected chi connectivity index (χ3v) is 2.96. The molecule has 1 atom stereocenters. The van der Waals surface area contributed by atoms with Gasteiger partial charge in [0.05, 0.1) is 0 Å². The lowest BCUT2D eigenvalue weighted by Gasteiger charge is -2.21. The zero-order valence-corrected chi connectivity index (χ0v) is 8.79. The summed E-state index contributed by atoms with van der Waals surface area (Å²) < 4.78 is 0. The van der Waals surface area contributed by atoms with E-state index in [0.29, 0.717) is 12.1 Å². The van der Waals surface area contributed by atoms with E-state index in [1.807, 2.05) is 12.1 Å². The van der Waals surface area contributed by atoms with Crippen LogP contribution < -0.4 is 5.32 Å². The average Bonchev–Trinajstić information content (AvgIpc) is 2.67. The van der Waals surface area contributed by atoms with Crippen molar-refractivity contribution in [3.05, 3.63) is 35.4 Å². The van der Waals surface area contributed by atoms with Crippen molar-refractivity contribution in [2.75, 3.05) is 13.1 Å². The highest BCUT2D eigenvalue weighted by Gasteiger charge is 2.32. The van der Waals surface area contributed by atoms with Crippen molar-refractivity contribution >= 4 is 5.78 Å². The SMILES string of the molecule is CC(=O)c1ccc(C2(O)CCNC2)cc1. The van der Waals surface area contributed by atoms with Crippen LogP contribution in [0.1, 0.15) is 29.3 Å². The van der Waals surface area contributed by atoms with Gasteiger partial charge in [-0.15, -0.1) is 0 Å². The molecule has 2 N–H and O–H groups in total. The first-order valence-electron chi connectivity index (χ1n) is 5.16. The van der Waals surface area contributed by atoms with Crippen molar-refractivity contribution in [3.63, 3.8) is 0 Å². The molecule has 1 saturated heterocycles. The summed E-state index contributed by atoms with van der Waals surface area (Å²) in [7, 11) is 0. The molecular weight excluding hydrogens is 190 g/mol. The molecular formula is C12H15NO2. The summed E-state index contributed by atoms with van der Waals surface area (Å²) in [6.07, 6.45) is 0.729. The van der Waals surface area contributed by atoms with E-state index < -0.39 is 5.60 Å². The molecule has 1 aromatic carbocycles. The van der Waals surface area contributed by atoms with Crippen LogP contribution in [0, 0.1) is 0 Å². The van der Waals surface area contributed by atoms with Crippen molar-refractivity contribution in [2.45, 2.75) is 18.9 Å². The highest BCUT2D eigenvalue weighted by atomic mass is 16.3. The van der Waals surface area contributed by atoms with E-state index in [1.54, 1.807) is 19.1 Å². The molecule has 0 saturated carbocycles. The smallest absolute Gasteiger partial charge is 0.159 e. The number of carbonyl (C=O) groups is 1. The van der Waals surface area contributed by atoms with Crippen LogP contribution in [0.2, 0.25) is 0 Å². The van der Waals surface area contributed by atoms with Crippen molar-refractivity contribution in [3.8, 4) is 0 Å². The molecule has 1 unspecified atom stereocenters. The molecule has 80 valence electrons. The summed E-state index contributed by atoms with van der Waals surface area (Å²) in [6, 6.07) is 7.22. The molecule has 0 spiro atoms. The fourth-order valence-corrected chi connectivity index (χ4v) is 1.94. The molecule has 0 bridgehead atoms. The van der Waals surface area contributed by atoms with Gasteiger partial charge in [-0.1, -0.05) is 24.3 Å². The Morgan fingerprint density at radius 3 is 2.53 bits per heavy atom. The Kier molecular flexibility index (Phi) is 2.59. The largest absolute Gasteiger partial charge is 0.384 e. The summed E-state index contributed by atoms with van der Waals surface area (Å²) in [5.41, 5.74) is 0.820. The van der Waals surface area contributed by atoms with Crippen LogP contribution in [0.4, 0.5) is 0 Å². The van der Waals surface area contributed by atoms with Crippen molar-refractivity contribution in [1.82, 2.24) is 5.32 Å². The molecule has 1 heterocycles. The Labute approximate surface area is 89.1 Å². The number of ketones is 1. The molecule has 0 aliphatic carbocycles. The zero-order valence-electron chi connectivity index (χ0n) is 8.79. The summed E-state index contributed by atoms with van der Waals surface area (Å²) in [5, 5.41) is 13.4. The molecule has 1 aliphatic heterocycles.